The molecule has 1 aromatic heterocycles. The number of carbonyl (C=O) groups excluding carboxylic acids is 1. The molecule has 156 valence electrons. The zero-order chi connectivity index (χ0) is 20.3. The molecule has 1 amide bonds. The van der Waals surface area contributed by atoms with E-state index in [0.717, 1.165) is 12.8 Å². The lowest BCUT2D eigenvalue weighted by atomic mass is 10.2. The fourth-order valence-corrected chi connectivity index (χ4v) is 4.63. The quantitative estimate of drug-likeness (QED) is 0.720. The normalized spacial score (nSPS) is 20.6. The van der Waals surface area contributed by atoms with Crippen LogP contribution in [0, 0.1) is 0 Å². The highest BCUT2D eigenvalue weighted by Gasteiger charge is 2.26. The third-order valence-electron chi connectivity index (χ3n) is 4.84. The van der Waals surface area contributed by atoms with Gasteiger partial charge in [-0.1, -0.05) is 0 Å². The van der Waals surface area contributed by atoms with Crippen molar-refractivity contribution in [3.05, 3.63) is 30.2 Å². The molecule has 2 aliphatic heterocycles. The Balaban J connectivity index is 1.42. The molecule has 0 spiro atoms. The van der Waals surface area contributed by atoms with Gasteiger partial charge >= 0.3 is 11.8 Å². The van der Waals surface area contributed by atoms with Crippen molar-refractivity contribution in [3.63, 3.8) is 0 Å². The maximum absolute atomic E-state index is 12.7. The molecule has 2 aromatic rings. The van der Waals surface area contributed by atoms with Crippen LogP contribution in [0.4, 0.5) is 0 Å². The third kappa shape index (κ3) is 4.47. The Labute approximate surface area is 168 Å². The molecular weight excluding hydrogens is 400 g/mol. The monoisotopic (exact) mass is 422 g/mol. The number of nitrogens with one attached hydrogen (secondary N) is 1. The van der Waals surface area contributed by atoms with Crippen LogP contribution in [-0.4, -0.2) is 74.4 Å². The lowest BCUT2D eigenvalue weighted by Crippen LogP contribution is -2.40. The highest BCUT2D eigenvalue weighted by atomic mass is 32.2. The summed E-state index contributed by atoms with van der Waals surface area (Å²) in [6.45, 7) is 2.54. The predicted molar refractivity (Wildman–Crippen MR) is 101 cm³/mol. The summed E-state index contributed by atoms with van der Waals surface area (Å²) in [5, 5.41) is 10.4. The second kappa shape index (κ2) is 8.57. The number of aromatic nitrogens is 2. The van der Waals surface area contributed by atoms with Gasteiger partial charge in [0.15, 0.2) is 0 Å². The molecule has 2 fully saturated rings. The van der Waals surface area contributed by atoms with Crippen LogP contribution in [-0.2, 0) is 19.5 Å². The van der Waals surface area contributed by atoms with Gasteiger partial charge in [-0.05, 0) is 37.1 Å². The number of ether oxygens (including phenoxy) is 2. The van der Waals surface area contributed by atoms with E-state index >= 15 is 0 Å². The summed E-state index contributed by atoms with van der Waals surface area (Å²) in [5.41, 5.74) is 0.525. The lowest BCUT2D eigenvalue weighted by Gasteiger charge is -2.26. The lowest BCUT2D eigenvalue weighted by molar-refractivity contribution is 0.0730. The molecule has 0 aliphatic carbocycles. The van der Waals surface area contributed by atoms with Gasteiger partial charge in [0.05, 0.1) is 24.2 Å². The Morgan fingerprint density at radius 3 is 2.59 bits per heavy atom. The van der Waals surface area contributed by atoms with Crippen LogP contribution in [0.2, 0.25) is 0 Å². The molecule has 2 aliphatic rings. The molecule has 1 aromatic carbocycles. The molecule has 2 saturated heterocycles. The third-order valence-corrected chi connectivity index (χ3v) is 6.76. The number of benzene rings is 1. The minimum Gasteiger partial charge on any atom is -0.412 e. The van der Waals surface area contributed by atoms with Crippen molar-refractivity contribution in [2.45, 2.75) is 23.8 Å². The number of nitrogens with zero attached hydrogens (tertiary/aromatic N) is 3. The Kier molecular flexibility index (Phi) is 5.90. The summed E-state index contributed by atoms with van der Waals surface area (Å²) < 4.78 is 42.8. The van der Waals surface area contributed by atoms with Crippen molar-refractivity contribution < 1.29 is 27.1 Å². The molecule has 3 heterocycles. The molecule has 0 bridgehead atoms. The van der Waals surface area contributed by atoms with Crippen molar-refractivity contribution >= 4 is 15.9 Å². The molecule has 0 radical (unpaired) electrons. The van der Waals surface area contributed by atoms with Crippen molar-refractivity contribution in [2.24, 2.45) is 0 Å². The van der Waals surface area contributed by atoms with Gasteiger partial charge in [0.2, 0.25) is 15.9 Å². The van der Waals surface area contributed by atoms with E-state index < -0.39 is 15.9 Å². The van der Waals surface area contributed by atoms with Gasteiger partial charge in [-0.3, -0.25) is 4.79 Å². The zero-order valence-corrected chi connectivity index (χ0v) is 16.6. The molecule has 10 nitrogen and oxygen atoms in total. The molecule has 0 unspecified atom stereocenters. The van der Waals surface area contributed by atoms with Crippen LogP contribution in [0.1, 0.15) is 23.5 Å². The average molecular weight is 422 g/mol. The number of morpholine rings is 1. The number of amides is 1. The zero-order valence-electron chi connectivity index (χ0n) is 15.7. The Bertz CT molecular complexity index is 947. The Morgan fingerprint density at radius 2 is 1.90 bits per heavy atom. The molecule has 1 atom stereocenters. The van der Waals surface area contributed by atoms with Crippen molar-refractivity contribution in [2.75, 3.05) is 39.5 Å². The standard InChI is InChI=1S/C18H22N4O6S/c23-16(19-12-14-2-1-9-27-14)18-21-20-17(28-18)13-3-5-15(6-4-13)29(24,25)22-7-10-26-11-8-22/h3-6,14H,1-2,7-12H2,(H,19,23)/t14-/m0/s1. The first-order valence-corrected chi connectivity index (χ1v) is 10.9. The fraction of sp³-hybridized carbons (Fsp3) is 0.500. The second-order valence-corrected chi connectivity index (χ2v) is 8.74. The number of hydrogen-bond donors (Lipinski definition) is 1. The maximum Gasteiger partial charge on any atom is 0.308 e. The van der Waals surface area contributed by atoms with E-state index in [2.05, 4.69) is 15.5 Å². The van der Waals surface area contributed by atoms with E-state index in [4.69, 9.17) is 13.9 Å². The summed E-state index contributed by atoms with van der Waals surface area (Å²) in [4.78, 5) is 12.3. The molecular formula is C18H22N4O6S. The van der Waals surface area contributed by atoms with Crippen LogP contribution >= 0.6 is 0 Å². The maximum atomic E-state index is 12.7. The van der Waals surface area contributed by atoms with E-state index in [1.165, 1.54) is 16.4 Å². The van der Waals surface area contributed by atoms with E-state index in [-0.39, 0.29) is 22.8 Å². The minimum absolute atomic E-state index is 0.0160. The van der Waals surface area contributed by atoms with Crippen LogP contribution in [0.25, 0.3) is 11.5 Å². The largest absolute Gasteiger partial charge is 0.412 e. The van der Waals surface area contributed by atoms with Gasteiger partial charge in [-0.2, -0.15) is 4.31 Å². The SMILES string of the molecule is O=C(NC[C@@H]1CCCO1)c1nnc(-c2ccc(S(=O)(=O)N3CCOCC3)cc2)o1. The van der Waals surface area contributed by atoms with E-state index in [1.54, 1.807) is 12.1 Å². The van der Waals surface area contributed by atoms with Gasteiger partial charge in [0, 0.05) is 31.8 Å². The first-order chi connectivity index (χ1) is 14.0. The highest BCUT2D eigenvalue weighted by Crippen LogP contribution is 2.23. The summed E-state index contributed by atoms with van der Waals surface area (Å²) in [6.07, 6.45) is 1.92. The molecule has 4 rings (SSSR count). The summed E-state index contributed by atoms with van der Waals surface area (Å²) in [5.74, 6) is -0.476. The molecule has 29 heavy (non-hydrogen) atoms. The number of rotatable bonds is 6. The van der Waals surface area contributed by atoms with Crippen molar-refractivity contribution in [1.82, 2.24) is 19.8 Å². The number of hydrogen-bond acceptors (Lipinski definition) is 8. The number of carbonyl (C=O) groups is 1. The van der Waals surface area contributed by atoms with Crippen molar-refractivity contribution in [3.8, 4) is 11.5 Å². The van der Waals surface area contributed by atoms with Crippen LogP contribution in [0.5, 0.6) is 0 Å². The summed E-state index contributed by atoms with van der Waals surface area (Å²) in [7, 11) is -3.57. The van der Waals surface area contributed by atoms with Crippen LogP contribution in [0.15, 0.2) is 33.6 Å². The van der Waals surface area contributed by atoms with Crippen LogP contribution in [0.3, 0.4) is 0 Å². The van der Waals surface area contributed by atoms with E-state index in [9.17, 15) is 13.2 Å². The smallest absolute Gasteiger partial charge is 0.308 e. The average Bonchev–Trinajstić information content (AvgIpc) is 3.45. The highest BCUT2D eigenvalue weighted by molar-refractivity contribution is 7.89. The van der Waals surface area contributed by atoms with Gasteiger partial charge in [-0.15, -0.1) is 10.2 Å². The first kappa shape index (κ1) is 20.0. The Morgan fingerprint density at radius 1 is 1.14 bits per heavy atom. The van der Waals surface area contributed by atoms with Gasteiger partial charge in [0.25, 0.3) is 0 Å². The Hall–Kier alpha value is -2.34. The topological polar surface area (TPSA) is 124 Å². The molecule has 1 N–H and O–H groups in total. The molecule has 0 saturated carbocycles. The summed E-state index contributed by atoms with van der Waals surface area (Å²) in [6, 6.07) is 6.13. The molecule has 11 heteroatoms. The first-order valence-electron chi connectivity index (χ1n) is 9.46. The summed E-state index contributed by atoms with van der Waals surface area (Å²) >= 11 is 0. The number of sulfonamides is 1. The minimum atomic E-state index is -3.57. The second-order valence-electron chi connectivity index (χ2n) is 6.80. The van der Waals surface area contributed by atoms with Crippen molar-refractivity contribution in [1.29, 1.82) is 0 Å². The van der Waals surface area contributed by atoms with Crippen LogP contribution < -0.4 is 5.32 Å². The predicted octanol–water partition coefficient (Wildman–Crippen LogP) is 0.666. The fourth-order valence-electron chi connectivity index (χ4n) is 3.22. The van der Waals surface area contributed by atoms with Gasteiger partial charge < -0.3 is 19.2 Å². The van der Waals surface area contributed by atoms with Gasteiger partial charge in [-0.25, -0.2) is 8.42 Å². The van der Waals surface area contributed by atoms with E-state index in [1.807, 2.05) is 0 Å². The van der Waals surface area contributed by atoms with E-state index in [0.29, 0.717) is 45.0 Å². The van der Waals surface area contributed by atoms with Gasteiger partial charge in [0.1, 0.15) is 0 Å².